The van der Waals surface area contributed by atoms with Crippen LogP contribution in [-0.2, 0) is 0 Å². The van der Waals surface area contributed by atoms with Crippen molar-refractivity contribution in [1.29, 1.82) is 0 Å². The van der Waals surface area contributed by atoms with E-state index in [1.807, 2.05) is 0 Å². The van der Waals surface area contributed by atoms with Crippen molar-refractivity contribution in [1.82, 2.24) is 0 Å². The Morgan fingerprint density at radius 3 is 2.00 bits per heavy atom. The van der Waals surface area contributed by atoms with Gasteiger partial charge >= 0.3 is 0 Å². The molecule has 0 radical (unpaired) electrons. The molecule has 0 nitrogen and oxygen atoms in total. The maximum Gasteiger partial charge on any atom is 0.0117 e. The minimum Gasteiger partial charge on any atom is -0.120 e. The molecule has 0 fully saturated rings. The molecule has 0 aromatic heterocycles. The van der Waals surface area contributed by atoms with Crippen LogP contribution in [0, 0.1) is 30.1 Å². The van der Waals surface area contributed by atoms with E-state index < -0.39 is 0 Å². The van der Waals surface area contributed by atoms with Crippen molar-refractivity contribution in [3.8, 4) is 12.3 Å². The van der Waals surface area contributed by atoms with Crippen molar-refractivity contribution >= 4 is 0 Å². The zero-order chi connectivity index (χ0) is 8.85. The topological polar surface area (TPSA) is 0 Å². The Bertz CT molecular complexity index is 125. The molecule has 1 atom stereocenters. The molecule has 64 valence electrons. The molecule has 0 aliphatic heterocycles. The van der Waals surface area contributed by atoms with Crippen LogP contribution in [0.4, 0.5) is 0 Å². The Morgan fingerprint density at radius 1 is 1.18 bits per heavy atom. The molecule has 0 aliphatic carbocycles. The maximum absolute atomic E-state index is 5.29. The van der Waals surface area contributed by atoms with Crippen LogP contribution in [-0.4, -0.2) is 0 Å². The number of hydrogen-bond acceptors (Lipinski definition) is 0. The standard InChI is InChI=1S/C11H20/c1-6-7-11(10(4)5)8-9(2)3/h1,9-11H,7-8H2,2-5H3. The van der Waals surface area contributed by atoms with Crippen LogP contribution >= 0.6 is 0 Å². The Hall–Kier alpha value is -0.440. The third kappa shape index (κ3) is 4.90. The van der Waals surface area contributed by atoms with Crippen LogP contribution < -0.4 is 0 Å². The van der Waals surface area contributed by atoms with Gasteiger partial charge in [0.25, 0.3) is 0 Å². The van der Waals surface area contributed by atoms with E-state index in [-0.39, 0.29) is 0 Å². The van der Waals surface area contributed by atoms with E-state index >= 15 is 0 Å². The quantitative estimate of drug-likeness (QED) is 0.542. The second kappa shape index (κ2) is 5.24. The van der Waals surface area contributed by atoms with E-state index in [0.29, 0.717) is 0 Å². The van der Waals surface area contributed by atoms with Gasteiger partial charge in [-0.05, 0) is 24.2 Å². The highest BCUT2D eigenvalue weighted by Crippen LogP contribution is 2.22. The van der Waals surface area contributed by atoms with Crippen molar-refractivity contribution in [3.63, 3.8) is 0 Å². The van der Waals surface area contributed by atoms with Gasteiger partial charge in [0.2, 0.25) is 0 Å². The van der Waals surface area contributed by atoms with Gasteiger partial charge in [0.15, 0.2) is 0 Å². The van der Waals surface area contributed by atoms with Gasteiger partial charge in [0.05, 0.1) is 0 Å². The summed E-state index contributed by atoms with van der Waals surface area (Å²) in [6, 6.07) is 0. The summed E-state index contributed by atoms with van der Waals surface area (Å²) in [4.78, 5) is 0. The predicted molar refractivity (Wildman–Crippen MR) is 51.2 cm³/mol. The van der Waals surface area contributed by atoms with Gasteiger partial charge < -0.3 is 0 Å². The van der Waals surface area contributed by atoms with Gasteiger partial charge in [-0.3, -0.25) is 0 Å². The zero-order valence-corrected chi connectivity index (χ0v) is 8.22. The molecule has 1 unspecified atom stereocenters. The van der Waals surface area contributed by atoms with Crippen LogP contribution in [0.2, 0.25) is 0 Å². The summed E-state index contributed by atoms with van der Waals surface area (Å²) in [5.74, 6) is 4.98. The summed E-state index contributed by atoms with van der Waals surface area (Å²) in [6.45, 7) is 9.02. The highest BCUT2D eigenvalue weighted by Gasteiger charge is 2.13. The van der Waals surface area contributed by atoms with Gasteiger partial charge in [-0.25, -0.2) is 0 Å². The molecule has 0 amide bonds. The van der Waals surface area contributed by atoms with E-state index in [4.69, 9.17) is 6.42 Å². The van der Waals surface area contributed by atoms with E-state index in [1.54, 1.807) is 0 Å². The normalized spacial score (nSPS) is 13.5. The first-order chi connectivity index (χ1) is 5.07. The molecule has 0 rings (SSSR count). The molecule has 0 aromatic rings. The van der Waals surface area contributed by atoms with Gasteiger partial charge in [0, 0.05) is 6.42 Å². The van der Waals surface area contributed by atoms with Crippen molar-refractivity contribution in [2.75, 3.05) is 0 Å². The van der Waals surface area contributed by atoms with Crippen LogP contribution in [0.1, 0.15) is 40.5 Å². The molecule has 0 heteroatoms. The third-order valence-corrected chi connectivity index (χ3v) is 2.10. The lowest BCUT2D eigenvalue weighted by molar-refractivity contribution is 0.323. The summed E-state index contributed by atoms with van der Waals surface area (Å²) >= 11 is 0. The molecular formula is C11H20. The number of hydrogen-bond donors (Lipinski definition) is 0. The van der Waals surface area contributed by atoms with Gasteiger partial charge in [-0.15, -0.1) is 12.3 Å². The maximum atomic E-state index is 5.29. The molecule has 0 aromatic carbocycles. The second-order valence-corrected chi connectivity index (χ2v) is 4.04. The Balaban J connectivity index is 3.81. The largest absolute Gasteiger partial charge is 0.120 e. The summed E-state index contributed by atoms with van der Waals surface area (Å²) in [7, 11) is 0. The molecule has 0 N–H and O–H groups in total. The first kappa shape index (κ1) is 10.6. The van der Waals surface area contributed by atoms with Gasteiger partial charge in [-0.2, -0.15) is 0 Å². The lowest BCUT2D eigenvalue weighted by Crippen LogP contribution is -2.10. The lowest BCUT2D eigenvalue weighted by atomic mass is 9.85. The second-order valence-electron chi connectivity index (χ2n) is 4.04. The van der Waals surface area contributed by atoms with E-state index in [1.165, 1.54) is 6.42 Å². The molecule has 0 bridgehead atoms. The van der Waals surface area contributed by atoms with E-state index in [0.717, 1.165) is 24.2 Å². The van der Waals surface area contributed by atoms with Crippen LogP contribution in [0.25, 0.3) is 0 Å². The van der Waals surface area contributed by atoms with E-state index in [9.17, 15) is 0 Å². The monoisotopic (exact) mass is 152 g/mol. The Labute approximate surface area is 71.4 Å². The average Bonchev–Trinajstić information content (AvgIpc) is 1.86. The summed E-state index contributed by atoms with van der Waals surface area (Å²) in [5, 5.41) is 0. The fourth-order valence-electron chi connectivity index (χ4n) is 1.35. The van der Waals surface area contributed by atoms with Crippen LogP contribution in [0.5, 0.6) is 0 Å². The number of rotatable bonds is 4. The van der Waals surface area contributed by atoms with Crippen molar-refractivity contribution in [2.45, 2.75) is 40.5 Å². The van der Waals surface area contributed by atoms with Crippen LogP contribution in [0.15, 0.2) is 0 Å². The summed E-state index contributed by atoms with van der Waals surface area (Å²) < 4.78 is 0. The summed E-state index contributed by atoms with van der Waals surface area (Å²) in [5.41, 5.74) is 0. The predicted octanol–water partition coefficient (Wildman–Crippen LogP) is 3.33. The molecule has 0 heterocycles. The minimum atomic E-state index is 0.722. The Morgan fingerprint density at radius 2 is 1.73 bits per heavy atom. The molecule has 0 saturated heterocycles. The van der Waals surface area contributed by atoms with E-state index in [2.05, 4.69) is 33.6 Å². The first-order valence-corrected chi connectivity index (χ1v) is 4.51. The molecule has 0 saturated carbocycles. The Kier molecular flexibility index (Phi) is 5.03. The third-order valence-electron chi connectivity index (χ3n) is 2.10. The number of terminal acetylenes is 1. The van der Waals surface area contributed by atoms with Crippen molar-refractivity contribution < 1.29 is 0 Å². The molecule has 11 heavy (non-hydrogen) atoms. The molecular weight excluding hydrogens is 132 g/mol. The fraction of sp³-hybridized carbons (Fsp3) is 0.818. The SMILES string of the molecule is C#CCC(CC(C)C)C(C)C. The minimum absolute atomic E-state index is 0.722. The highest BCUT2D eigenvalue weighted by molar-refractivity contribution is 4.87. The average molecular weight is 152 g/mol. The first-order valence-electron chi connectivity index (χ1n) is 4.51. The molecule has 0 spiro atoms. The lowest BCUT2D eigenvalue weighted by Gasteiger charge is -2.20. The van der Waals surface area contributed by atoms with Gasteiger partial charge in [0.1, 0.15) is 0 Å². The molecule has 0 aliphatic rings. The van der Waals surface area contributed by atoms with Crippen molar-refractivity contribution in [2.24, 2.45) is 17.8 Å². The highest BCUT2D eigenvalue weighted by atomic mass is 14.2. The van der Waals surface area contributed by atoms with Gasteiger partial charge in [-0.1, -0.05) is 27.7 Å². The fourth-order valence-corrected chi connectivity index (χ4v) is 1.35. The van der Waals surface area contributed by atoms with Crippen LogP contribution in [0.3, 0.4) is 0 Å². The smallest absolute Gasteiger partial charge is 0.0117 e. The zero-order valence-electron chi connectivity index (χ0n) is 8.22. The summed E-state index contributed by atoms with van der Waals surface area (Å²) in [6.07, 6.45) is 7.50. The van der Waals surface area contributed by atoms with Crippen molar-refractivity contribution in [3.05, 3.63) is 0 Å².